The number of hydrogen-bond acceptors (Lipinski definition) is 2. The first kappa shape index (κ1) is 45.7. The quantitative estimate of drug-likeness (QED) is 0.0399. The number of aliphatic hydroxyl groups is 2. The summed E-state index contributed by atoms with van der Waals surface area (Å²) in [6, 6.07) is 0. The fraction of sp³-hybridized carbons (Fsp3) is 0.696. The highest BCUT2D eigenvalue weighted by atomic mass is 16.3. The molecule has 0 fully saturated rings. The van der Waals surface area contributed by atoms with Crippen molar-refractivity contribution in [1.82, 2.24) is 0 Å². The maximum atomic E-state index is 9.26. The predicted molar refractivity (Wildman–Crippen MR) is 214 cm³/mol. The minimum atomic E-state index is -0.720. The molecule has 272 valence electrons. The van der Waals surface area contributed by atoms with Gasteiger partial charge in [-0.3, -0.25) is 0 Å². The molecule has 0 saturated heterocycles. The fourth-order valence-electron chi connectivity index (χ4n) is 5.84. The Hall–Kier alpha value is -2.26. The third-order valence-electron chi connectivity index (χ3n) is 8.94. The van der Waals surface area contributed by atoms with Gasteiger partial charge in [-0.15, -0.1) is 12.8 Å². The third kappa shape index (κ3) is 39.9. The van der Waals surface area contributed by atoms with Crippen LogP contribution in [0.1, 0.15) is 193 Å². The van der Waals surface area contributed by atoms with E-state index in [1.807, 2.05) is 12.2 Å². The van der Waals surface area contributed by atoms with Crippen molar-refractivity contribution in [2.75, 3.05) is 0 Å². The van der Waals surface area contributed by atoms with Crippen LogP contribution in [0.15, 0.2) is 60.8 Å². The van der Waals surface area contributed by atoms with Gasteiger partial charge >= 0.3 is 0 Å². The molecule has 0 aliphatic carbocycles. The highest BCUT2D eigenvalue weighted by Gasteiger charge is 1.95. The van der Waals surface area contributed by atoms with Crippen LogP contribution in [0, 0.1) is 24.7 Å². The second-order valence-electron chi connectivity index (χ2n) is 13.6. The molecule has 48 heavy (non-hydrogen) atoms. The normalized spacial score (nSPS) is 13.4. The van der Waals surface area contributed by atoms with Gasteiger partial charge in [0.25, 0.3) is 0 Å². The van der Waals surface area contributed by atoms with E-state index in [0.29, 0.717) is 0 Å². The molecule has 2 atom stereocenters. The van der Waals surface area contributed by atoms with Gasteiger partial charge in [0.2, 0.25) is 0 Å². The van der Waals surface area contributed by atoms with Crippen molar-refractivity contribution < 1.29 is 10.2 Å². The Morgan fingerprint density at radius 1 is 0.292 bits per heavy atom. The molecule has 0 aromatic rings. The molecule has 0 bridgehead atoms. The summed E-state index contributed by atoms with van der Waals surface area (Å²) in [5.74, 6) is 4.61. The van der Waals surface area contributed by atoms with Crippen LogP contribution in [0.25, 0.3) is 0 Å². The Bertz CT molecular complexity index is 877. The molecule has 0 saturated carbocycles. The topological polar surface area (TPSA) is 40.5 Å². The molecule has 0 aliphatic rings. The van der Waals surface area contributed by atoms with Crippen LogP contribution in [0.2, 0.25) is 0 Å². The Morgan fingerprint density at radius 2 is 0.458 bits per heavy atom. The van der Waals surface area contributed by atoms with Gasteiger partial charge in [-0.05, 0) is 115 Å². The number of aliphatic hydroxyl groups excluding tert-OH is 2. The van der Waals surface area contributed by atoms with Gasteiger partial charge in [0.05, 0.1) is 0 Å². The van der Waals surface area contributed by atoms with Crippen molar-refractivity contribution in [3.8, 4) is 24.7 Å². The zero-order valence-electron chi connectivity index (χ0n) is 31.2. The van der Waals surface area contributed by atoms with Crippen molar-refractivity contribution in [3.05, 3.63) is 60.8 Å². The maximum absolute atomic E-state index is 9.26. The van der Waals surface area contributed by atoms with E-state index >= 15 is 0 Å². The zero-order valence-corrected chi connectivity index (χ0v) is 31.2. The summed E-state index contributed by atoms with van der Waals surface area (Å²) >= 11 is 0. The Labute approximate surface area is 299 Å². The Morgan fingerprint density at radius 3 is 0.667 bits per heavy atom. The molecule has 2 N–H and O–H groups in total. The molecule has 0 rings (SSSR count). The molecule has 0 radical (unpaired) electrons. The molecule has 0 aliphatic heterocycles. The summed E-state index contributed by atoms with van der Waals surface area (Å²) < 4.78 is 0. The van der Waals surface area contributed by atoms with Gasteiger partial charge < -0.3 is 10.2 Å². The van der Waals surface area contributed by atoms with E-state index in [2.05, 4.69) is 48.3 Å². The lowest BCUT2D eigenvalue weighted by Gasteiger charge is -2.02. The molecule has 0 aromatic carbocycles. The van der Waals surface area contributed by atoms with Crippen LogP contribution in [0.4, 0.5) is 0 Å². The monoisotopic (exact) mass is 661 g/mol. The molecular weight excluding hydrogens is 585 g/mol. The van der Waals surface area contributed by atoms with Gasteiger partial charge in [0, 0.05) is 0 Å². The SMILES string of the molecule is C#C[C@@H](O)/C=C/CCCCCCCCCC=CCCCCC=CCCCCC=CCCCCCCCCCCCCC/C=C/[C@H](O)C#C. The van der Waals surface area contributed by atoms with Crippen LogP contribution in [-0.4, -0.2) is 22.4 Å². The molecular formula is C46H76O2. The lowest BCUT2D eigenvalue weighted by atomic mass is 10.0. The molecule has 2 heteroatoms. The summed E-state index contributed by atoms with van der Waals surface area (Å²) in [7, 11) is 0. The van der Waals surface area contributed by atoms with Crippen LogP contribution in [-0.2, 0) is 0 Å². The van der Waals surface area contributed by atoms with Gasteiger partial charge in [0.15, 0.2) is 0 Å². The minimum absolute atomic E-state index is 0.717. The molecule has 0 aromatic heterocycles. The van der Waals surface area contributed by atoms with Crippen LogP contribution in [0.3, 0.4) is 0 Å². The summed E-state index contributed by atoms with van der Waals surface area (Å²) in [6.07, 6.45) is 69.5. The van der Waals surface area contributed by atoms with Crippen LogP contribution < -0.4 is 0 Å². The van der Waals surface area contributed by atoms with Crippen molar-refractivity contribution in [1.29, 1.82) is 0 Å². The van der Waals surface area contributed by atoms with Gasteiger partial charge in [0.1, 0.15) is 12.2 Å². The summed E-state index contributed by atoms with van der Waals surface area (Å²) in [5.41, 5.74) is 0. The Balaban J connectivity index is 3.26. The average Bonchev–Trinajstić information content (AvgIpc) is 3.10. The lowest BCUT2D eigenvalue weighted by Crippen LogP contribution is -1.95. The molecule has 2 nitrogen and oxygen atoms in total. The van der Waals surface area contributed by atoms with E-state index in [1.54, 1.807) is 12.2 Å². The van der Waals surface area contributed by atoms with E-state index in [1.165, 1.54) is 180 Å². The van der Waals surface area contributed by atoms with Crippen molar-refractivity contribution in [2.45, 2.75) is 205 Å². The van der Waals surface area contributed by atoms with Crippen LogP contribution in [0.5, 0.6) is 0 Å². The lowest BCUT2D eigenvalue weighted by molar-refractivity contribution is 0.280. The largest absolute Gasteiger partial charge is 0.377 e. The van der Waals surface area contributed by atoms with Gasteiger partial charge in [-0.25, -0.2) is 0 Å². The smallest absolute Gasteiger partial charge is 0.133 e. The number of hydrogen-bond donors (Lipinski definition) is 2. The van der Waals surface area contributed by atoms with Crippen LogP contribution >= 0.6 is 0 Å². The van der Waals surface area contributed by atoms with Crippen molar-refractivity contribution >= 4 is 0 Å². The second-order valence-corrected chi connectivity index (χ2v) is 13.6. The Kier molecular flexibility index (Phi) is 39.0. The molecule has 0 spiro atoms. The van der Waals surface area contributed by atoms with E-state index in [9.17, 15) is 10.2 Å². The highest BCUT2D eigenvalue weighted by molar-refractivity contribution is 5.06. The first-order valence-corrected chi connectivity index (χ1v) is 20.3. The number of rotatable bonds is 36. The first-order valence-electron chi connectivity index (χ1n) is 20.3. The third-order valence-corrected chi connectivity index (χ3v) is 8.94. The molecule has 0 heterocycles. The van der Waals surface area contributed by atoms with E-state index in [0.717, 1.165) is 12.8 Å². The average molecular weight is 661 g/mol. The fourth-order valence-corrected chi connectivity index (χ4v) is 5.84. The number of unbranched alkanes of at least 4 members (excludes halogenated alkanes) is 26. The summed E-state index contributed by atoms with van der Waals surface area (Å²) in [4.78, 5) is 0. The van der Waals surface area contributed by atoms with E-state index < -0.39 is 12.2 Å². The number of allylic oxidation sites excluding steroid dienone is 8. The van der Waals surface area contributed by atoms with E-state index in [-0.39, 0.29) is 0 Å². The summed E-state index contributed by atoms with van der Waals surface area (Å²) in [5, 5.41) is 18.5. The second kappa shape index (κ2) is 40.9. The van der Waals surface area contributed by atoms with Gasteiger partial charge in [-0.1, -0.05) is 150 Å². The standard InChI is InChI=1S/C46H76O2/c1-3-45(47)43-41-39-37-35-33-31-29-27-25-23-21-19-17-15-13-11-9-7-5-6-8-10-12-14-16-18-20-22-24-26-28-30-32-34-36-38-40-42-44-46(48)4-2/h1-2,7,9,12,14,19,21,41-48H,5-6,8,10-11,13,15-18,20,22-40H2/b9-7?,14-12?,21-19?,43-41+,44-42+/t45-,46-/m1/s1. The summed E-state index contributed by atoms with van der Waals surface area (Å²) in [6.45, 7) is 0. The highest BCUT2D eigenvalue weighted by Crippen LogP contribution is 2.14. The zero-order chi connectivity index (χ0) is 34.9. The van der Waals surface area contributed by atoms with Crippen molar-refractivity contribution in [2.24, 2.45) is 0 Å². The van der Waals surface area contributed by atoms with E-state index in [4.69, 9.17) is 12.8 Å². The maximum Gasteiger partial charge on any atom is 0.133 e. The van der Waals surface area contributed by atoms with Crippen molar-refractivity contribution in [3.63, 3.8) is 0 Å². The predicted octanol–water partition coefficient (Wildman–Crippen LogP) is 13.5. The van der Waals surface area contributed by atoms with Gasteiger partial charge in [-0.2, -0.15) is 0 Å². The molecule has 0 amide bonds. The first-order chi connectivity index (χ1) is 23.7. The molecule has 0 unspecified atom stereocenters. The number of terminal acetylenes is 2. The minimum Gasteiger partial charge on any atom is -0.377 e.